The predicted octanol–water partition coefficient (Wildman–Crippen LogP) is -1.46. The van der Waals surface area contributed by atoms with E-state index in [1.165, 1.54) is 0 Å². The van der Waals surface area contributed by atoms with E-state index in [0.29, 0.717) is 10.4 Å². The van der Waals surface area contributed by atoms with Gasteiger partial charge in [0.25, 0.3) is 0 Å². The van der Waals surface area contributed by atoms with Gasteiger partial charge in [-0.3, -0.25) is 0 Å². The number of aliphatic carboxylic acids is 1. The highest BCUT2D eigenvalue weighted by molar-refractivity contribution is 8.05. The van der Waals surface area contributed by atoms with Gasteiger partial charge in [0.15, 0.2) is 0 Å². The van der Waals surface area contributed by atoms with Gasteiger partial charge in [-0.25, -0.2) is 21.6 Å². The molecule has 14 heavy (non-hydrogen) atoms. The zero-order valence-electron chi connectivity index (χ0n) is 6.56. The maximum Gasteiger partial charge on any atom is 0.455 e. The summed E-state index contributed by atoms with van der Waals surface area (Å²) in [5.74, 6) is -2.96. The van der Waals surface area contributed by atoms with E-state index >= 15 is 0 Å². The maximum atomic E-state index is 12.3. The number of carboxylic acids is 1. The largest absolute Gasteiger partial charge is 0.476 e. The van der Waals surface area contributed by atoms with E-state index in [-0.39, 0.29) is 0 Å². The zero-order valence-corrected chi connectivity index (χ0v) is 8.19. The van der Waals surface area contributed by atoms with E-state index in [2.05, 4.69) is 0 Å². The fourth-order valence-electron chi connectivity index (χ4n) is 0.367. The van der Waals surface area contributed by atoms with E-state index in [1.807, 2.05) is 0 Å². The number of halogens is 2. The van der Waals surface area contributed by atoms with Gasteiger partial charge in [0.1, 0.15) is 0 Å². The van der Waals surface area contributed by atoms with Crippen molar-refractivity contribution >= 4 is 26.0 Å². The van der Waals surface area contributed by atoms with E-state index < -0.39 is 31.3 Å². The fourth-order valence-corrected chi connectivity index (χ4v) is 2.61. The van der Waals surface area contributed by atoms with Gasteiger partial charge in [-0.2, -0.15) is 8.78 Å². The molecule has 0 amide bonds. The number of hydrogen-bond acceptors (Lipinski definition) is 5. The second-order valence-electron chi connectivity index (χ2n) is 2.18. The van der Waals surface area contributed by atoms with Crippen LogP contribution in [0.25, 0.3) is 0 Å². The van der Waals surface area contributed by atoms with Gasteiger partial charge in [-0.1, -0.05) is 0 Å². The third kappa shape index (κ3) is 2.85. The molecule has 0 unspecified atom stereocenters. The molecule has 0 aromatic carbocycles. The number of nitrogens with one attached hydrogen (secondary N) is 1. The topological polar surface area (TPSA) is 118 Å². The standard InChI is InChI=1S/C3H5F2NO6S2/c1-13(9,10)6-14(11,12)3(4,5)2(7)8/h6H,1H3,(H,7,8). The van der Waals surface area contributed by atoms with Crippen molar-refractivity contribution in [3.05, 3.63) is 0 Å². The fraction of sp³-hybridized carbons (Fsp3) is 0.667. The molecule has 7 nitrogen and oxygen atoms in total. The molecule has 0 saturated carbocycles. The molecule has 84 valence electrons. The molecule has 0 spiro atoms. The minimum absolute atomic E-state index is 0.294. The molecule has 0 fully saturated rings. The van der Waals surface area contributed by atoms with E-state index in [4.69, 9.17) is 5.11 Å². The average molecular weight is 253 g/mol. The van der Waals surface area contributed by atoms with Crippen LogP contribution in [-0.2, 0) is 24.8 Å². The minimum atomic E-state index is -5.79. The average Bonchev–Trinajstić information content (AvgIpc) is 1.80. The van der Waals surface area contributed by atoms with Gasteiger partial charge in [0.05, 0.1) is 6.26 Å². The Hall–Kier alpha value is -0.810. The number of carbonyl (C=O) groups is 1. The number of alkyl halides is 2. The lowest BCUT2D eigenvalue weighted by atomic mass is 10.7. The summed E-state index contributed by atoms with van der Waals surface area (Å²) in [5.41, 5.74) is 0. The Morgan fingerprint density at radius 3 is 1.86 bits per heavy atom. The molecule has 0 radical (unpaired) electrons. The van der Waals surface area contributed by atoms with E-state index in [9.17, 15) is 30.4 Å². The lowest BCUT2D eigenvalue weighted by Gasteiger charge is -2.11. The monoisotopic (exact) mass is 253 g/mol. The molecule has 2 N–H and O–H groups in total. The lowest BCUT2D eigenvalue weighted by molar-refractivity contribution is -0.153. The first kappa shape index (κ1) is 13.2. The van der Waals surface area contributed by atoms with Crippen molar-refractivity contribution in [2.24, 2.45) is 0 Å². The highest BCUT2D eigenvalue weighted by Gasteiger charge is 2.54. The number of carboxylic acid groups (broad SMARTS) is 1. The van der Waals surface area contributed by atoms with E-state index in [1.54, 1.807) is 0 Å². The first-order valence-electron chi connectivity index (χ1n) is 2.74. The first-order chi connectivity index (χ1) is 5.90. The first-order valence-corrected chi connectivity index (χ1v) is 6.12. The lowest BCUT2D eigenvalue weighted by Crippen LogP contribution is -2.47. The summed E-state index contributed by atoms with van der Waals surface area (Å²) in [6, 6.07) is 0. The minimum Gasteiger partial charge on any atom is -0.476 e. The molecule has 0 aliphatic rings. The normalized spacial score (nSPS) is 13.9. The summed E-state index contributed by atoms with van der Waals surface area (Å²) in [4.78, 5) is 9.79. The smallest absolute Gasteiger partial charge is 0.455 e. The van der Waals surface area contributed by atoms with Crippen LogP contribution in [0.2, 0.25) is 0 Å². The van der Waals surface area contributed by atoms with Crippen LogP contribution in [-0.4, -0.2) is 39.4 Å². The molecular formula is C3H5F2NO6S2. The quantitative estimate of drug-likeness (QED) is 0.632. The maximum absolute atomic E-state index is 12.3. The molecule has 0 atom stereocenters. The third-order valence-corrected chi connectivity index (χ3v) is 3.79. The van der Waals surface area contributed by atoms with Crippen LogP contribution in [0, 0.1) is 0 Å². The molecule has 0 aliphatic carbocycles. The Balaban J connectivity index is 5.30. The SMILES string of the molecule is CS(=O)(=O)NS(=O)(=O)C(F)(F)C(=O)O. The van der Waals surface area contributed by atoms with Gasteiger partial charge in [0, 0.05) is 0 Å². The van der Waals surface area contributed by atoms with Crippen molar-refractivity contribution in [3.8, 4) is 0 Å². The summed E-state index contributed by atoms with van der Waals surface area (Å²) in [7, 11) is -10.3. The molecular weight excluding hydrogens is 248 g/mol. The van der Waals surface area contributed by atoms with Gasteiger partial charge >= 0.3 is 21.2 Å². The second-order valence-corrected chi connectivity index (χ2v) is 5.91. The second kappa shape index (κ2) is 3.40. The molecule has 0 bridgehead atoms. The van der Waals surface area contributed by atoms with Crippen LogP contribution < -0.4 is 4.13 Å². The van der Waals surface area contributed by atoms with Crippen molar-refractivity contribution in [2.45, 2.75) is 5.25 Å². The van der Waals surface area contributed by atoms with Gasteiger partial charge in [-0.15, -0.1) is 4.13 Å². The van der Waals surface area contributed by atoms with Crippen LogP contribution >= 0.6 is 0 Å². The number of rotatable bonds is 4. The van der Waals surface area contributed by atoms with Gasteiger partial charge in [0.2, 0.25) is 10.0 Å². The molecule has 11 heteroatoms. The van der Waals surface area contributed by atoms with Crippen LogP contribution in [0.3, 0.4) is 0 Å². The van der Waals surface area contributed by atoms with E-state index in [0.717, 1.165) is 0 Å². The number of sulfonamides is 2. The molecule has 0 aliphatic heterocycles. The summed E-state index contributed by atoms with van der Waals surface area (Å²) in [6.45, 7) is 0. The van der Waals surface area contributed by atoms with Crippen molar-refractivity contribution in [3.63, 3.8) is 0 Å². The molecule has 0 rings (SSSR count). The highest BCUT2D eigenvalue weighted by atomic mass is 32.3. The van der Waals surface area contributed by atoms with Crippen LogP contribution in [0.1, 0.15) is 0 Å². The summed E-state index contributed by atoms with van der Waals surface area (Å²) in [5, 5.41) is 2.61. The molecule has 0 aromatic heterocycles. The molecule has 0 heterocycles. The Kier molecular flexibility index (Phi) is 3.20. The highest BCUT2D eigenvalue weighted by Crippen LogP contribution is 2.20. The molecule has 0 aromatic rings. The van der Waals surface area contributed by atoms with Crippen molar-refractivity contribution < 1.29 is 35.5 Å². The van der Waals surface area contributed by atoms with Crippen LogP contribution in [0.5, 0.6) is 0 Å². The Morgan fingerprint density at radius 2 is 1.64 bits per heavy atom. The van der Waals surface area contributed by atoms with Gasteiger partial charge < -0.3 is 5.11 Å². The van der Waals surface area contributed by atoms with Crippen LogP contribution in [0.4, 0.5) is 8.78 Å². The number of hydrogen-bond donors (Lipinski definition) is 2. The van der Waals surface area contributed by atoms with Crippen molar-refractivity contribution in [1.82, 2.24) is 4.13 Å². The molecule has 0 saturated heterocycles. The zero-order chi connectivity index (χ0) is 11.8. The van der Waals surface area contributed by atoms with Crippen molar-refractivity contribution in [1.29, 1.82) is 0 Å². The Labute approximate surface area is 77.8 Å². The Morgan fingerprint density at radius 1 is 1.29 bits per heavy atom. The van der Waals surface area contributed by atoms with Gasteiger partial charge in [-0.05, 0) is 0 Å². The third-order valence-electron chi connectivity index (χ3n) is 0.848. The summed E-state index contributed by atoms with van der Waals surface area (Å²) in [6.07, 6.45) is 0.294. The summed E-state index contributed by atoms with van der Waals surface area (Å²) < 4.78 is 66.8. The Bertz CT molecular complexity index is 436. The predicted molar refractivity (Wildman–Crippen MR) is 39.5 cm³/mol. The summed E-state index contributed by atoms with van der Waals surface area (Å²) >= 11 is 0. The van der Waals surface area contributed by atoms with Crippen molar-refractivity contribution in [2.75, 3.05) is 6.26 Å². The van der Waals surface area contributed by atoms with Crippen LogP contribution in [0.15, 0.2) is 0 Å².